The number of primary amides is 1. The standard InChI is InChI=1S/C9H15N3O7/c10-6(13)3-12-5(9(18)19)2-11-4(8(16)17)1-7(14)15/h4-5,11-12H,1-3H2,(H2,10,13)(H,14,15)(H,16,17)(H,18,19)/t4-,5-/m0/s1. The average molecular weight is 277 g/mol. The van der Waals surface area contributed by atoms with E-state index in [1.165, 1.54) is 0 Å². The Morgan fingerprint density at radius 1 is 0.947 bits per heavy atom. The molecule has 0 fully saturated rings. The first-order valence-electron chi connectivity index (χ1n) is 5.16. The van der Waals surface area contributed by atoms with Crippen LogP contribution in [0.4, 0.5) is 0 Å². The van der Waals surface area contributed by atoms with Crippen molar-refractivity contribution in [3.05, 3.63) is 0 Å². The maximum atomic E-state index is 10.8. The fraction of sp³-hybridized carbons (Fsp3) is 0.556. The molecule has 2 atom stereocenters. The highest BCUT2D eigenvalue weighted by molar-refractivity contribution is 5.81. The quantitative estimate of drug-likeness (QED) is 0.243. The Balaban J connectivity index is 4.41. The summed E-state index contributed by atoms with van der Waals surface area (Å²) in [6.45, 7) is -0.762. The van der Waals surface area contributed by atoms with E-state index in [0.29, 0.717) is 0 Å². The molecule has 0 aliphatic rings. The molecule has 0 saturated carbocycles. The molecule has 10 nitrogen and oxygen atoms in total. The van der Waals surface area contributed by atoms with Gasteiger partial charge in [-0.15, -0.1) is 0 Å². The number of rotatable bonds is 10. The molecule has 0 aromatic rings. The number of hydrogen-bond donors (Lipinski definition) is 6. The largest absolute Gasteiger partial charge is 0.481 e. The first kappa shape index (κ1) is 16.8. The topological polar surface area (TPSA) is 179 Å². The van der Waals surface area contributed by atoms with Gasteiger partial charge in [-0.2, -0.15) is 0 Å². The summed E-state index contributed by atoms with van der Waals surface area (Å²) in [6, 6.07) is -2.68. The molecule has 108 valence electrons. The van der Waals surface area contributed by atoms with Gasteiger partial charge in [0.15, 0.2) is 0 Å². The minimum absolute atomic E-state index is 0.368. The van der Waals surface area contributed by atoms with Gasteiger partial charge in [0.1, 0.15) is 12.1 Å². The highest BCUT2D eigenvalue weighted by Gasteiger charge is 2.24. The zero-order chi connectivity index (χ0) is 15.0. The van der Waals surface area contributed by atoms with E-state index in [0.717, 1.165) is 0 Å². The maximum absolute atomic E-state index is 10.8. The number of aliphatic carboxylic acids is 3. The number of nitrogens with two attached hydrogens (primary N) is 1. The lowest BCUT2D eigenvalue weighted by Crippen LogP contribution is -2.51. The summed E-state index contributed by atoms with van der Waals surface area (Å²) in [5.74, 6) is -4.85. The molecule has 0 aliphatic heterocycles. The van der Waals surface area contributed by atoms with Crippen molar-refractivity contribution < 1.29 is 34.5 Å². The molecular weight excluding hydrogens is 262 g/mol. The van der Waals surface area contributed by atoms with Crippen LogP contribution in [0.15, 0.2) is 0 Å². The molecule has 1 amide bonds. The molecule has 0 aliphatic carbocycles. The molecular formula is C9H15N3O7. The minimum Gasteiger partial charge on any atom is -0.481 e. The van der Waals surface area contributed by atoms with Crippen molar-refractivity contribution >= 4 is 23.8 Å². The summed E-state index contributed by atoms with van der Waals surface area (Å²) in [7, 11) is 0. The Labute approximate surface area is 107 Å². The number of carboxylic acid groups (broad SMARTS) is 3. The first-order chi connectivity index (χ1) is 8.73. The number of amides is 1. The second kappa shape index (κ2) is 8.00. The van der Waals surface area contributed by atoms with Gasteiger partial charge >= 0.3 is 17.9 Å². The van der Waals surface area contributed by atoms with E-state index in [-0.39, 0.29) is 6.54 Å². The van der Waals surface area contributed by atoms with E-state index in [1.54, 1.807) is 0 Å². The highest BCUT2D eigenvalue weighted by atomic mass is 16.4. The van der Waals surface area contributed by atoms with Gasteiger partial charge in [-0.3, -0.25) is 24.5 Å². The van der Waals surface area contributed by atoms with E-state index >= 15 is 0 Å². The van der Waals surface area contributed by atoms with Gasteiger partial charge in [0.05, 0.1) is 13.0 Å². The predicted octanol–water partition coefficient (Wildman–Crippen LogP) is -2.97. The molecule has 7 N–H and O–H groups in total. The highest BCUT2D eigenvalue weighted by Crippen LogP contribution is 1.94. The second-order valence-corrected chi connectivity index (χ2v) is 3.63. The number of carbonyl (C=O) groups excluding carboxylic acids is 1. The fourth-order valence-electron chi connectivity index (χ4n) is 1.15. The predicted molar refractivity (Wildman–Crippen MR) is 60.3 cm³/mol. The molecule has 0 spiro atoms. The summed E-state index contributed by atoms with van der Waals surface area (Å²) in [5.41, 5.74) is 4.82. The van der Waals surface area contributed by atoms with E-state index in [2.05, 4.69) is 10.6 Å². The molecule has 0 heterocycles. The molecule has 0 aromatic carbocycles. The Hall–Kier alpha value is -2.20. The summed E-state index contributed by atoms with van der Waals surface area (Å²) in [6.07, 6.45) is -0.697. The Kier molecular flexibility index (Phi) is 7.07. The van der Waals surface area contributed by atoms with Crippen LogP contribution in [0.25, 0.3) is 0 Å². The van der Waals surface area contributed by atoms with Gasteiger partial charge in [-0.05, 0) is 0 Å². The fourth-order valence-corrected chi connectivity index (χ4v) is 1.15. The van der Waals surface area contributed by atoms with E-state index in [9.17, 15) is 19.2 Å². The summed E-state index contributed by atoms with van der Waals surface area (Å²) in [4.78, 5) is 42.4. The third-order valence-electron chi connectivity index (χ3n) is 2.07. The lowest BCUT2D eigenvalue weighted by atomic mass is 10.2. The normalized spacial score (nSPS) is 13.5. The summed E-state index contributed by atoms with van der Waals surface area (Å²) >= 11 is 0. The van der Waals surface area contributed by atoms with Gasteiger partial charge < -0.3 is 26.4 Å². The number of nitrogens with one attached hydrogen (secondary N) is 2. The van der Waals surface area contributed by atoms with Gasteiger partial charge in [0, 0.05) is 6.54 Å². The van der Waals surface area contributed by atoms with Crippen LogP contribution in [-0.2, 0) is 19.2 Å². The number of carboxylic acids is 3. The zero-order valence-corrected chi connectivity index (χ0v) is 9.83. The van der Waals surface area contributed by atoms with E-state index in [1.807, 2.05) is 0 Å². The van der Waals surface area contributed by atoms with Crippen LogP contribution in [0.5, 0.6) is 0 Å². The van der Waals surface area contributed by atoms with Crippen LogP contribution >= 0.6 is 0 Å². The molecule has 0 unspecified atom stereocenters. The van der Waals surface area contributed by atoms with Crippen LogP contribution in [0, 0.1) is 0 Å². The van der Waals surface area contributed by atoms with Gasteiger partial charge in [-0.25, -0.2) is 0 Å². The molecule has 0 aromatic heterocycles. The lowest BCUT2D eigenvalue weighted by Gasteiger charge is -2.17. The smallest absolute Gasteiger partial charge is 0.322 e. The monoisotopic (exact) mass is 277 g/mol. The van der Waals surface area contributed by atoms with Crippen molar-refractivity contribution in [1.29, 1.82) is 0 Å². The van der Waals surface area contributed by atoms with Crippen LogP contribution in [0.3, 0.4) is 0 Å². The van der Waals surface area contributed by atoms with Crippen molar-refractivity contribution in [1.82, 2.24) is 10.6 Å². The average Bonchev–Trinajstić information content (AvgIpc) is 2.25. The first-order valence-corrected chi connectivity index (χ1v) is 5.16. The van der Waals surface area contributed by atoms with Crippen LogP contribution in [0.2, 0.25) is 0 Å². The Bertz CT molecular complexity index is 371. The van der Waals surface area contributed by atoms with Crippen molar-refractivity contribution in [2.45, 2.75) is 18.5 Å². The Morgan fingerprint density at radius 3 is 1.84 bits per heavy atom. The van der Waals surface area contributed by atoms with Crippen LogP contribution in [-0.4, -0.2) is 64.3 Å². The van der Waals surface area contributed by atoms with Gasteiger partial charge in [-0.1, -0.05) is 0 Å². The molecule has 0 rings (SSSR count). The summed E-state index contributed by atoms with van der Waals surface area (Å²) in [5, 5.41) is 30.6. The molecule has 19 heavy (non-hydrogen) atoms. The van der Waals surface area contributed by atoms with E-state index in [4.69, 9.17) is 21.1 Å². The SMILES string of the molecule is NC(=O)CN[C@@H](CN[C@@H](CC(=O)O)C(=O)O)C(=O)O. The van der Waals surface area contributed by atoms with Crippen molar-refractivity contribution in [3.63, 3.8) is 0 Å². The summed E-state index contributed by atoms with van der Waals surface area (Å²) < 4.78 is 0. The molecule has 0 saturated heterocycles. The lowest BCUT2D eigenvalue weighted by molar-refractivity contribution is -0.146. The van der Waals surface area contributed by atoms with Crippen LogP contribution < -0.4 is 16.4 Å². The van der Waals surface area contributed by atoms with Crippen molar-refractivity contribution in [2.24, 2.45) is 5.73 Å². The Morgan fingerprint density at radius 2 is 1.47 bits per heavy atom. The van der Waals surface area contributed by atoms with Crippen molar-refractivity contribution in [3.8, 4) is 0 Å². The molecule has 10 heteroatoms. The number of hydrogen-bond acceptors (Lipinski definition) is 6. The molecule has 0 radical (unpaired) electrons. The third kappa shape index (κ3) is 7.68. The van der Waals surface area contributed by atoms with E-state index < -0.39 is 48.9 Å². The van der Waals surface area contributed by atoms with Gasteiger partial charge in [0.2, 0.25) is 5.91 Å². The third-order valence-corrected chi connectivity index (χ3v) is 2.07. The number of carbonyl (C=O) groups is 4. The van der Waals surface area contributed by atoms with Gasteiger partial charge in [0.25, 0.3) is 0 Å². The van der Waals surface area contributed by atoms with Crippen LogP contribution in [0.1, 0.15) is 6.42 Å². The minimum atomic E-state index is -1.42. The van der Waals surface area contributed by atoms with Crippen molar-refractivity contribution in [2.75, 3.05) is 13.1 Å². The maximum Gasteiger partial charge on any atom is 0.322 e. The molecule has 0 bridgehead atoms. The zero-order valence-electron chi connectivity index (χ0n) is 9.83. The second-order valence-electron chi connectivity index (χ2n) is 3.63.